The van der Waals surface area contributed by atoms with E-state index in [0.717, 1.165) is 4.88 Å². The van der Waals surface area contributed by atoms with E-state index in [2.05, 4.69) is 5.32 Å². The first-order chi connectivity index (χ1) is 10.6. The van der Waals surface area contributed by atoms with Crippen LogP contribution in [0, 0.1) is 10.1 Å². The predicted octanol–water partition coefficient (Wildman–Crippen LogP) is 1.96. The van der Waals surface area contributed by atoms with Crippen LogP contribution in [-0.4, -0.2) is 30.1 Å². The summed E-state index contributed by atoms with van der Waals surface area (Å²) >= 11 is 1.41. The maximum Gasteiger partial charge on any atom is 0.323 e. The summed E-state index contributed by atoms with van der Waals surface area (Å²) in [6.45, 7) is 0. The number of nitrogens with one attached hydrogen (secondary N) is 1. The molecule has 0 aliphatic carbocycles. The van der Waals surface area contributed by atoms with Crippen LogP contribution in [0.15, 0.2) is 40.3 Å². The quantitative estimate of drug-likeness (QED) is 0.525. The number of ether oxygens (including phenoxy) is 1. The third-order valence-corrected chi connectivity index (χ3v) is 4.80. The zero-order chi connectivity index (χ0) is 15.7. The number of nitrogens with zero attached hydrogens (tertiary/aromatic N) is 1. The molecule has 0 radical (unpaired) electrons. The lowest BCUT2D eigenvalue weighted by atomic mass is 9.91. The van der Waals surface area contributed by atoms with Gasteiger partial charge in [-0.15, -0.1) is 11.3 Å². The van der Waals surface area contributed by atoms with Gasteiger partial charge >= 0.3 is 5.97 Å². The lowest BCUT2D eigenvalue weighted by Crippen LogP contribution is -2.36. The lowest BCUT2D eigenvalue weighted by Gasteiger charge is -2.16. The Morgan fingerprint density at radius 3 is 2.82 bits per heavy atom. The van der Waals surface area contributed by atoms with Gasteiger partial charge in [0.25, 0.3) is 0 Å². The van der Waals surface area contributed by atoms with Crippen LogP contribution in [-0.2, 0) is 9.53 Å². The van der Waals surface area contributed by atoms with E-state index in [0.29, 0.717) is 5.76 Å². The van der Waals surface area contributed by atoms with Gasteiger partial charge < -0.3 is 9.15 Å². The number of nitro groups is 1. The molecule has 22 heavy (non-hydrogen) atoms. The van der Waals surface area contributed by atoms with E-state index >= 15 is 0 Å². The summed E-state index contributed by atoms with van der Waals surface area (Å²) in [6, 6.07) is 4.56. The van der Waals surface area contributed by atoms with Crippen LogP contribution in [0.3, 0.4) is 0 Å². The Bertz CT molecular complexity index is 655. The Kier molecular flexibility index (Phi) is 3.95. The molecule has 0 unspecified atom stereocenters. The largest absolute Gasteiger partial charge is 0.469 e. The number of carbonyl (C=O) groups excluding carboxylic acids is 1. The highest BCUT2D eigenvalue weighted by atomic mass is 32.1. The van der Waals surface area contributed by atoms with E-state index < -0.39 is 30.0 Å². The summed E-state index contributed by atoms with van der Waals surface area (Å²) in [5.74, 6) is -0.847. The molecule has 0 saturated carbocycles. The van der Waals surface area contributed by atoms with Gasteiger partial charge in [0.15, 0.2) is 0 Å². The number of furan rings is 1. The van der Waals surface area contributed by atoms with Gasteiger partial charge in [-0.25, -0.2) is 0 Å². The minimum atomic E-state index is -1.01. The fourth-order valence-corrected chi connectivity index (χ4v) is 3.75. The molecule has 116 valence electrons. The SMILES string of the molecule is COC(=O)[C@@H]1N[C@H](c2cccs2)[C@@H]([N+](=O)[O-])[C@@H]1c1ccco1. The summed E-state index contributed by atoms with van der Waals surface area (Å²) in [7, 11) is 1.27. The number of methoxy groups -OCH3 is 1. The average molecular weight is 322 g/mol. The summed E-state index contributed by atoms with van der Waals surface area (Å²) in [5, 5.41) is 16.5. The van der Waals surface area contributed by atoms with Crippen molar-refractivity contribution in [2.75, 3.05) is 7.11 Å². The standard InChI is InChI=1S/C14H14N2O5S/c1-20-14(17)12-10(8-4-2-6-21-8)13(16(18)19)11(15-12)9-5-3-7-22-9/h2-7,10-13,15H,1H3/t10-,11-,12-,13+/m1/s1. The monoisotopic (exact) mass is 322 g/mol. The highest BCUT2D eigenvalue weighted by Crippen LogP contribution is 2.41. The fourth-order valence-electron chi connectivity index (χ4n) is 2.93. The number of thiophene rings is 1. The van der Waals surface area contributed by atoms with Crippen molar-refractivity contribution in [1.82, 2.24) is 5.32 Å². The lowest BCUT2D eigenvalue weighted by molar-refractivity contribution is -0.527. The van der Waals surface area contributed by atoms with Crippen LogP contribution in [0.4, 0.5) is 0 Å². The third-order valence-electron chi connectivity index (χ3n) is 3.85. The second-order valence-electron chi connectivity index (χ2n) is 4.98. The number of hydrogen-bond donors (Lipinski definition) is 1. The number of hydrogen-bond acceptors (Lipinski definition) is 7. The Morgan fingerprint density at radius 1 is 1.45 bits per heavy atom. The molecule has 3 rings (SSSR count). The molecule has 1 aliphatic heterocycles. The van der Waals surface area contributed by atoms with E-state index in [9.17, 15) is 14.9 Å². The zero-order valence-electron chi connectivity index (χ0n) is 11.7. The molecule has 8 heteroatoms. The highest BCUT2D eigenvalue weighted by molar-refractivity contribution is 7.10. The first kappa shape index (κ1) is 14.7. The van der Waals surface area contributed by atoms with Crippen LogP contribution in [0.5, 0.6) is 0 Å². The van der Waals surface area contributed by atoms with Gasteiger partial charge in [0.1, 0.15) is 23.8 Å². The molecule has 1 aliphatic rings. The van der Waals surface area contributed by atoms with Gasteiger partial charge in [0, 0.05) is 9.80 Å². The van der Waals surface area contributed by atoms with Crippen LogP contribution < -0.4 is 5.32 Å². The first-order valence-corrected chi connectivity index (χ1v) is 7.55. The van der Waals surface area contributed by atoms with Gasteiger partial charge in [-0.1, -0.05) is 6.07 Å². The smallest absolute Gasteiger partial charge is 0.323 e. The minimum Gasteiger partial charge on any atom is -0.469 e. The molecule has 1 fully saturated rings. The van der Waals surface area contributed by atoms with Crippen LogP contribution in [0.2, 0.25) is 0 Å². The Labute approximate surface area is 130 Å². The summed E-state index contributed by atoms with van der Waals surface area (Å²) in [4.78, 5) is 24.2. The molecule has 1 saturated heterocycles. The summed E-state index contributed by atoms with van der Waals surface area (Å²) in [5.41, 5.74) is 0. The molecule has 0 aromatic carbocycles. The predicted molar refractivity (Wildman–Crippen MR) is 78.2 cm³/mol. The van der Waals surface area contributed by atoms with Crippen molar-refractivity contribution < 1.29 is 18.9 Å². The van der Waals surface area contributed by atoms with Gasteiger partial charge in [-0.05, 0) is 23.6 Å². The summed E-state index contributed by atoms with van der Waals surface area (Å²) in [6.07, 6.45) is 1.44. The number of esters is 1. The van der Waals surface area contributed by atoms with Gasteiger partial charge in [-0.3, -0.25) is 20.2 Å². The first-order valence-electron chi connectivity index (χ1n) is 6.67. The van der Waals surface area contributed by atoms with Crippen LogP contribution >= 0.6 is 11.3 Å². The van der Waals surface area contributed by atoms with Gasteiger partial charge in [0.2, 0.25) is 6.04 Å². The fraction of sp³-hybridized carbons (Fsp3) is 0.357. The molecule has 2 aromatic heterocycles. The van der Waals surface area contributed by atoms with E-state index in [1.165, 1.54) is 24.7 Å². The van der Waals surface area contributed by atoms with E-state index in [1.54, 1.807) is 12.1 Å². The molecule has 0 bridgehead atoms. The van der Waals surface area contributed by atoms with Crippen molar-refractivity contribution in [3.05, 3.63) is 56.7 Å². The zero-order valence-corrected chi connectivity index (χ0v) is 12.5. The molecule has 2 aromatic rings. The molecule has 4 atom stereocenters. The molecule has 3 heterocycles. The van der Waals surface area contributed by atoms with E-state index in [4.69, 9.17) is 9.15 Å². The number of carbonyl (C=O) groups is 1. The van der Waals surface area contributed by atoms with Crippen molar-refractivity contribution in [3.8, 4) is 0 Å². The Balaban J connectivity index is 2.05. The average Bonchev–Trinajstić information content (AvgIpc) is 3.22. The highest BCUT2D eigenvalue weighted by Gasteiger charge is 2.56. The topological polar surface area (TPSA) is 94.6 Å². The normalized spacial score (nSPS) is 27.7. The van der Waals surface area contributed by atoms with Crippen LogP contribution in [0.25, 0.3) is 0 Å². The third kappa shape index (κ3) is 2.40. The maximum absolute atomic E-state index is 12.1. The van der Waals surface area contributed by atoms with Crippen molar-refractivity contribution >= 4 is 17.3 Å². The van der Waals surface area contributed by atoms with E-state index in [-0.39, 0.29) is 4.92 Å². The molecule has 7 nitrogen and oxygen atoms in total. The Morgan fingerprint density at radius 2 is 2.27 bits per heavy atom. The molecular formula is C14H14N2O5S. The molecule has 1 N–H and O–H groups in total. The van der Waals surface area contributed by atoms with Crippen LogP contribution in [0.1, 0.15) is 22.6 Å². The minimum absolute atomic E-state index is 0.354. The molecular weight excluding hydrogens is 308 g/mol. The molecule has 0 amide bonds. The molecule has 0 spiro atoms. The van der Waals surface area contributed by atoms with Crippen molar-refractivity contribution in [3.63, 3.8) is 0 Å². The van der Waals surface area contributed by atoms with Gasteiger partial charge in [-0.2, -0.15) is 0 Å². The maximum atomic E-state index is 12.1. The van der Waals surface area contributed by atoms with E-state index in [1.807, 2.05) is 17.5 Å². The van der Waals surface area contributed by atoms with Crippen molar-refractivity contribution in [2.45, 2.75) is 24.0 Å². The van der Waals surface area contributed by atoms with Gasteiger partial charge in [0.05, 0.1) is 13.4 Å². The Hall–Kier alpha value is -2.19. The summed E-state index contributed by atoms with van der Waals surface area (Å²) < 4.78 is 10.1. The number of rotatable bonds is 4. The van der Waals surface area contributed by atoms with Crippen molar-refractivity contribution in [1.29, 1.82) is 0 Å². The second-order valence-corrected chi connectivity index (χ2v) is 5.96. The second kappa shape index (κ2) is 5.90. The van der Waals surface area contributed by atoms with Crippen molar-refractivity contribution in [2.24, 2.45) is 0 Å².